The van der Waals surface area contributed by atoms with E-state index < -0.39 is 0 Å². The molecule has 2 aromatic carbocycles. The number of esters is 1. The fourth-order valence-corrected chi connectivity index (χ4v) is 2.07. The number of carbonyl (C=O) groups is 1. The summed E-state index contributed by atoms with van der Waals surface area (Å²) in [6.07, 6.45) is 0.179. The second kappa shape index (κ2) is 8.20. The fraction of sp³-hybridized carbons (Fsp3) is 0.278. The number of hydrogen-bond donors (Lipinski definition) is 1. The Morgan fingerprint density at radius 2 is 1.77 bits per heavy atom. The third-order valence-electron chi connectivity index (χ3n) is 3.25. The minimum atomic E-state index is -0.359. The van der Waals surface area contributed by atoms with Crippen LogP contribution in [0.2, 0.25) is 0 Å². The molecule has 1 atom stereocenters. The summed E-state index contributed by atoms with van der Waals surface area (Å²) in [4.78, 5) is 11.4. The molecule has 0 amide bonds. The van der Waals surface area contributed by atoms with Crippen LogP contribution in [0.3, 0.4) is 0 Å². The van der Waals surface area contributed by atoms with E-state index in [-0.39, 0.29) is 18.4 Å². The first kappa shape index (κ1) is 16.0. The van der Waals surface area contributed by atoms with E-state index in [0.29, 0.717) is 13.2 Å². The first-order chi connectivity index (χ1) is 10.7. The Balaban J connectivity index is 1.88. The summed E-state index contributed by atoms with van der Waals surface area (Å²) >= 11 is 0. The average molecular weight is 299 g/mol. The topological polar surface area (TPSA) is 61.5 Å². The molecule has 4 heteroatoms. The summed E-state index contributed by atoms with van der Waals surface area (Å²) in [5, 5.41) is 0. The fourth-order valence-electron chi connectivity index (χ4n) is 2.07. The molecule has 1 unspecified atom stereocenters. The van der Waals surface area contributed by atoms with E-state index in [1.807, 2.05) is 54.6 Å². The summed E-state index contributed by atoms with van der Waals surface area (Å²) in [5.74, 6) is 0.496. The molecule has 0 heterocycles. The summed E-state index contributed by atoms with van der Waals surface area (Å²) in [7, 11) is 0. The van der Waals surface area contributed by atoms with Crippen LogP contribution in [0, 0.1) is 0 Å². The van der Waals surface area contributed by atoms with Crippen molar-refractivity contribution in [3.8, 4) is 5.75 Å². The van der Waals surface area contributed by atoms with Gasteiger partial charge in [-0.25, -0.2) is 0 Å². The Hall–Kier alpha value is -2.33. The highest BCUT2D eigenvalue weighted by Crippen LogP contribution is 2.19. The highest BCUT2D eigenvalue weighted by molar-refractivity contribution is 5.70. The zero-order valence-corrected chi connectivity index (χ0v) is 12.7. The molecule has 0 bridgehead atoms. The highest BCUT2D eigenvalue weighted by Gasteiger charge is 2.12. The largest absolute Gasteiger partial charge is 0.489 e. The zero-order valence-electron chi connectivity index (χ0n) is 12.7. The first-order valence-corrected chi connectivity index (χ1v) is 7.37. The van der Waals surface area contributed by atoms with Gasteiger partial charge in [-0.05, 0) is 30.2 Å². The molecule has 0 fully saturated rings. The molecule has 4 nitrogen and oxygen atoms in total. The summed E-state index contributed by atoms with van der Waals surface area (Å²) in [6, 6.07) is 17.1. The molecule has 0 aliphatic heterocycles. The van der Waals surface area contributed by atoms with Gasteiger partial charge in [-0.3, -0.25) is 4.79 Å². The molecule has 0 aliphatic carbocycles. The van der Waals surface area contributed by atoms with Crippen molar-refractivity contribution >= 4 is 5.97 Å². The standard InChI is InChI=1S/C18H21NO3/c1-2-21-18(20)12-17(19)15-8-10-16(11-9-15)22-13-14-6-4-3-5-7-14/h3-11,17H,2,12-13,19H2,1H3. The molecule has 0 aliphatic rings. The second-order valence-corrected chi connectivity index (χ2v) is 4.96. The smallest absolute Gasteiger partial charge is 0.307 e. The molecule has 0 saturated carbocycles. The quantitative estimate of drug-likeness (QED) is 0.797. The van der Waals surface area contributed by atoms with Crippen LogP contribution in [-0.2, 0) is 16.1 Å². The van der Waals surface area contributed by atoms with Crippen molar-refractivity contribution in [3.63, 3.8) is 0 Å². The Bertz CT molecular complexity index is 581. The Kier molecular flexibility index (Phi) is 5.98. The van der Waals surface area contributed by atoms with Gasteiger partial charge in [0.2, 0.25) is 0 Å². The van der Waals surface area contributed by atoms with Crippen LogP contribution < -0.4 is 10.5 Å². The van der Waals surface area contributed by atoms with Crippen LogP contribution in [0.25, 0.3) is 0 Å². The van der Waals surface area contributed by atoms with Crippen molar-refractivity contribution in [1.29, 1.82) is 0 Å². The second-order valence-electron chi connectivity index (χ2n) is 4.96. The normalized spacial score (nSPS) is 11.7. The Labute approximate surface area is 130 Å². The maximum absolute atomic E-state index is 11.4. The maximum Gasteiger partial charge on any atom is 0.307 e. The molecule has 116 valence electrons. The molecule has 0 spiro atoms. The third kappa shape index (κ3) is 4.90. The number of carbonyl (C=O) groups excluding carboxylic acids is 1. The number of benzene rings is 2. The van der Waals surface area contributed by atoms with Gasteiger partial charge in [0.05, 0.1) is 13.0 Å². The van der Waals surface area contributed by atoms with Crippen LogP contribution in [-0.4, -0.2) is 12.6 Å². The predicted molar refractivity (Wildman–Crippen MR) is 85.4 cm³/mol. The van der Waals surface area contributed by atoms with Crippen molar-refractivity contribution in [1.82, 2.24) is 0 Å². The molecular weight excluding hydrogens is 278 g/mol. The lowest BCUT2D eigenvalue weighted by atomic mass is 10.0. The van der Waals surface area contributed by atoms with E-state index in [4.69, 9.17) is 15.2 Å². The number of nitrogens with two attached hydrogens (primary N) is 1. The van der Waals surface area contributed by atoms with Gasteiger partial charge >= 0.3 is 5.97 Å². The van der Waals surface area contributed by atoms with Crippen LogP contribution >= 0.6 is 0 Å². The zero-order chi connectivity index (χ0) is 15.8. The molecule has 2 N–H and O–H groups in total. The van der Waals surface area contributed by atoms with Gasteiger partial charge in [0, 0.05) is 6.04 Å². The number of ether oxygens (including phenoxy) is 2. The SMILES string of the molecule is CCOC(=O)CC(N)c1ccc(OCc2ccccc2)cc1. The lowest BCUT2D eigenvalue weighted by Gasteiger charge is -2.12. The molecule has 0 aromatic heterocycles. The van der Waals surface area contributed by atoms with E-state index in [0.717, 1.165) is 16.9 Å². The van der Waals surface area contributed by atoms with E-state index >= 15 is 0 Å². The van der Waals surface area contributed by atoms with Crippen molar-refractivity contribution in [2.24, 2.45) is 5.73 Å². The number of rotatable bonds is 7. The van der Waals surface area contributed by atoms with Gasteiger partial charge in [-0.2, -0.15) is 0 Å². The van der Waals surface area contributed by atoms with Crippen molar-refractivity contribution < 1.29 is 14.3 Å². The molecular formula is C18H21NO3. The van der Waals surface area contributed by atoms with E-state index in [1.165, 1.54) is 0 Å². The molecule has 2 aromatic rings. The van der Waals surface area contributed by atoms with Crippen molar-refractivity contribution in [2.75, 3.05) is 6.61 Å². The molecule has 2 rings (SSSR count). The van der Waals surface area contributed by atoms with Crippen LogP contribution in [0.1, 0.15) is 30.5 Å². The Morgan fingerprint density at radius 3 is 2.41 bits per heavy atom. The van der Waals surface area contributed by atoms with Crippen molar-refractivity contribution in [3.05, 3.63) is 65.7 Å². The summed E-state index contributed by atoms with van der Waals surface area (Å²) in [6.45, 7) is 2.68. The average Bonchev–Trinajstić information content (AvgIpc) is 2.54. The van der Waals surface area contributed by atoms with E-state index in [2.05, 4.69) is 0 Å². The predicted octanol–water partition coefficient (Wildman–Crippen LogP) is 3.22. The Morgan fingerprint density at radius 1 is 1.09 bits per heavy atom. The summed E-state index contributed by atoms with van der Waals surface area (Å²) in [5.41, 5.74) is 8.00. The van der Waals surface area contributed by atoms with Gasteiger partial charge < -0.3 is 15.2 Å². The van der Waals surface area contributed by atoms with Gasteiger partial charge in [-0.15, -0.1) is 0 Å². The van der Waals surface area contributed by atoms with Gasteiger partial charge in [0.25, 0.3) is 0 Å². The maximum atomic E-state index is 11.4. The molecule has 0 saturated heterocycles. The van der Waals surface area contributed by atoms with Gasteiger partial charge in [-0.1, -0.05) is 42.5 Å². The first-order valence-electron chi connectivity index (χ1n) is 7.37. The monoisotopic (exact) mass is 299 g/mol. The van der Waals surface area contributed by atoms with Crippen molar-refractivity contribution in [2.45, 2.75) is 26.0 Å². The van der Waals surface area contributed by atoms with E-state index in [9.17, 15) is 4.79 Å². The van der Waals surface area contributed by atoms with Gasteiger partial charge in [0.1, 0.15) is 12.4 Å². The lowest BCUT2D eigenvalue weighted by molar-refractivity contribution is -0.143. The lowest BCUT2D eigenvalue weighted by Crippen LogP contribution is -2.17. The van der Waals surface area contributed by atoms with Crippen LogP contribution in [0.4, 0.5) is 0 Å². The van der Waals surface area contributed by atoms with E-state index in [1.54, 1.807) is 6.92 Å². The minimum absolute atomic E-state index is 0.179. The van der Waals surface area contributed by atoms with Crippen LogP contribution in [0.15, 0.2) is 54.6 Å². The molecule has 22 heavy (non-hydrogen) atoms. The minimum Gasteiger partial charge on any atom is -0.489 e. The van der Waals surface area contributed by atoms with Gasteiger partial charge in [0.15, 0.2) is 0 Å². The molecule has 0 radical (unpaired) electrons. The highest BCUT2D eigenvalue weighted by atomic mass is 16.5. The summed E-state index contributed by atoms with van der Waals surface area (Å²) < 4.78 is 10.6. The number of hydrogen-bond acceptors (Lipinski definition) is 4. The third-order valence-corrected chi connectivity index (χ3v) is 3.25. The van der Waals surface area contributed by atoms with Crippen LogP contribution in [0.5, 0.6) is 5.75 Å².